The minimum Gasteiger partial charge on any atom is -0.468 e. The van der Waals surface area contributed by atoms with Gasteiger partial charge in [-0.2, -0.15) is 0 Å². The average Bonchev–Trinajstić information content (AvgIpc) is 2.46. The lowest BCUT2D eigenvalue weighted by atomic mass is 9.99. The Bertz CT molecular complexity index is 474. The summed E-state index contributed by atoms with van der Waals surface area (Å²) in [6.07, 6.45) is 0.869. The number of nitrogens with two attached hydrogens (primary N) is 1. The van der Waals surface area contributed by atoms with Crippen LogP contribution < -0.4 is 11.1 Å². The van der Waals surface area contributed by atoms with Crippen molar-refractivity contribution >= 4 is 11.9 Å². The van der Waals surface area contributed by atoms with Gasteiger partial charge in [0.05, 0.1) is 7.11 Å². The van der Waals surface area contributed by atoms with E-state index in [-0.39, 0.29) is 17.9 Å². The van der Waals surface area contributed by atoms with Gasteiger partial charge in [-0.05, 0) is 23.6 Å². The van der Waals surface area contributed by atoms with Gasteiger partial charge in [-0.15, -0.1) is 0 Å². The minimum atomic E-state index is -0.460. The van der Waals surface area contributed by atoms with Gasteiger partial charge >= 0.3 is 5.97 Å². The molecule has 0 aliphatic heterocycles. The van der Waals surface area contributed by atoms with Crippen molar-refractivity contribution in [1.82, 2.24) is 5.32 Å². The second kappa shape index (κ2) is 7.65. The van der Waals surface area contributed by atoms with Gasteiger partial charge in [0.2, 0.25) is 5.91 Å². The summed E-state index contributed by atoms with van der Waals surface area (Å²) in [6, 6.07) is 6.68. The Morgan fingerprint density at radius 2 is 2.10 bits per heavy atom. The van der Waals surface area contributed by atoms with Gasteiger partial charge in [-0.3, -0.25) is 9.59 Å². The van der Waals surface area contributed by atoms with E-state index in [1.807, 2.05) is 19.9 Å². The molecule has 0 fully saturated rings. The third kappa shape index (κ3) is 4.35. The quantitative estimate of drug-likeness (QED) is 0.740. The van der Waals surface area contributed by atoms with E-state index in [0.717, 1.165) is 12.0 Å². The van der Waals surface area contributed by atoms with E-state index in [2.05, 4.69) is 5.32 Å². The van der Waals surface area contributed by atoms with E-state index in [9.17, 15) is 9.59 Å². The van der Waals surface area contributed by atoms with Crippen molar-refractivity contribution in [3.63, 3.8) is 0 Å². The molecule has 1 amide bonds. The number of hydrogen-bond donors (Lipinski definition) is 2. The second-order valence-corrected chi connectivity index (χ2v) is 4.83. The summed E-state index contributed by atoms with van der Waals surface area (Å²) in [5.41, 5.74) is 6.61. The van der Waals surface area contributed by atoms with Crippen LogP contribution in [0.15, 0.2) is 24.3 Å². The van der Waals surface area contributed by atoms with Gasteiger partial charge in [0, 0.05) is 12.1 Å². The summed E-state index contributed by atoms with van der Waals surface area (Å²) in [6.45, 7) is 4.50. The molecule has 5 nitrogen and oxygen atoms in total. The molecule has 0 bridgehead atoms. The van der Waals surface area contributed by atoms with E-state index < -0.39 is 5.91 Å². The number of methoxy groups -OCH3 is 1. The summed E-state index contributed by atoms with van der Waals surface area (Å²) in [5.74, 6) is -0.564. The minimum absolute atomic E-state index is 0.168. The van der Waals surface area contributed by atoms with Crippen LogP contribution in [-0.2, 0) is 16.1 Å². The summed E-state index contributed by atoms with van der Waals surface area (Å²) >= 11 is 0. The molecule has 0 saturated carbocycles. The van der Waals surface area contributed by atoms with Crippen molar-refractivity contribution < 1.29 is 14.3 Å². The largest absolute Gasteiger partial charge is 0.468 e. The van der Waals surface area contributed by atoms with Crippen molar-refractivity contribution in [2.45, 2.75) is 32.9 Å². The van der Waals surface area contributed by atoms with Crippen molar-refractivity contribution in [2.24, 2.45) is 11.7 Å². The number of benzene rings is 1. The standard InChI is InChI=1S/C15H22N2O3/c1-4-10(2)13(15(19)20-3)17-9-11-6-5-7-12(8-11)14(16)18/h5-8,10,13,17H,4,9H2,1-3H3,(H2,16,18). The number of hydrogen-bond acceptors (Lipinski definition) is 4. The maximum absolute atomic E-state index is 11.7. The van der Waals surface area contributed by atoms with Crippen LogP contribution >= 0.6 is 0 Å². The zero-order chi connectivity index (χ0) is 15.1. The fourth-order valence-electron chi connectivity index (χ4n) is 1.94. The first kappa shape index (κ1) is 16.2. The lowest BCUT2D eigenvalue weighted by Gasteiger charge is -2.22. The molecule has 5 heteroatoms. The number of primary amides is 1. The summed E-state index contributed by atoms with van der Waals surface area (Å²) in [5, 5.41) is 3.18. The van der Waals surface area contributed by atoms with Gasteiger partial charge in [-0.25, -0.2) is 0 Å². The summed E-state index contributed by atoms with van der Waals surface area (Å²) < 4.78 is 4.81. The molecule has 0 aliphatic rings. The smallest absolute Gasteiger partial charge is 0.323 e. The molecule has 0 saturated heterocycles. The maximum Gasteiger partial charge on any atom is 0.323 e. The highest BCUT2D eigenvalue weighted by Crippen LogP contribution is 2.11. The first-order valence-electron chi connectivity index (χ1n) is 6.69. The third-order valence-electron chi connectivity index (χ3n) is 3.41. The van der Waals surface area contributed by atoms with Crippen LogP contribution in [-0.4, -0.2) is 25.0 Å². The first-order valence-corrected chi connectivity index (χ1v) is 6.69. The predicted octanol–water partition coefficient (Wildman–Crippen LogP) is 1.46. The molecule has 2 unspecified atom stereocenters. The van der Waals surface area contributed by atoms with Crippen LogP contribution in [0.2, 0.25) is 0 Å². The number of carbonyl (C=O) groups is 2. The van der Waals surface area contributed by atoms with Gasteiger partial charge in [0.1, 0.15) is 6.04 Å². The zero-order valence-electron chi connectivity index (χ0n) is 12.2. The van der Waals surface area contributed by atoms with Crippen LogP contribution in [0.3, 0.4) is 0 Å². The monoisotopic (exact) mass is 278 g/mol. The fourth-order valence-corrected chi connectivity index (χ4v) is 1.94. The molecular weight excluding hydrogens is 256 g/mol. The van der Waals surface area contributed by atoms with E-state index >= 15 is 0 Å². The molecule has 1 rings (SSSR count). The van der Waals surface area contributed by atoms with Crippen molar-refractivity contribution in [3.05, 3.63) is 35.4 Å². The maximum atomic E-state index is 11.7. The van der Waals surface area contributed by atoms with Crippen LogP contribution in [0.1, 0.15) is 36.2 Å². The van der Waals surface area contributed by atoms with Gasteiger partial charge in [-0.1, -0.05) is 32.4 Å². The molecular formula is C15H22N2O3. The SMILES string of the molecule is CCC(C)C(NCc1cccc(C(N)=O)c1)C(=O)OC. The molecule has 0 aromatic heterocycles. The van der Waals surface area contributed by atoms with Crippen molar-refractivity contribution in [3.8, 4) is 0 Å². The summed E-state index contributed by atoms with van der Waals surface area (Å²) in [7, 11) is 1.38. The van der Waals surface area contributed by atoms with Crippen LogP contribution in [0.4, 0.5) is 0 Å². The second-order valence-electron chi connectivity index (χ2n) is 4.83. The highest BCUT2D eigenvalue weighted by atomic mass is 16.5. The van der Waals surface area contributed by atoms with E-state index in [4.69, 9.17) is 10.5 Å². The highest BCUT2D eigenvalue weighted by Gasteiger charge is 2.24. The third-order valence-corrected chi connectivity index (χ3v) is 3.41. The van der Waals surface area contributed by atoms with Gasteiger partial charge < -0.3 is 15.8 Å². The predicted molar refractivity (Wildman–Crippen MR) is 77.1 cm³/mol. The number of rotatable bonds is 7. The Kier molecular flexibility index (Phi) is 6.18. The van der Waals surface area contributed by atoms with E-state index in [1.165, 1.54) is 7.11 Å². The average molecular weight is 278 g/mol. The normalized spacial score (nSPS) is 13.6. The van der Waals surface area contributed by atoms with Crippen molar-refractivity contribution in [2.75, 3.05) is 7.11 Å². The zero-order valence-corrected chi connectivity index (χ0v) is 12.2. The molecule has 1 aromatic carbocycles. The Morgan fingerprint density at radius 1 is 1.40 bits per heavy atom. The number of amides is 1. The van der Waals surface area contributed by atoms with Crippen LogP contribution in [0, 0.1) is 5.92 Å². The van der Waals surface area contributed by atoms with Crippen molar-refractivity contribution in [1.29, 1.82) is 0 Å². The molecule has 20 heavy (non-hydrogen) atoms. The van der Waals surface area contributed by atoms with Crippen LogP contribution in [0.25, 0.3) is 0 Å². The number of esters is 1. The molecule has 1 aromatic rings. The van der Waals surface area contributed by atoms with Gasteiger partial charge in [0.25, 0.3) is 0 Å². The Hall–Kier alpha value is -1.88. The highest BCUT2D eigenvalue weighted by molar-refractivity contribution is 5.92. The molecule has 0 spiro atoms. The van der Waals surface area contributed by atoms with Crippen LogP contribution in [0.5, 0.6) is 0 Å². The Morgan fingerprint density at radius 3 is 2.65 bits per heavy atom. The molecule has 0 heterocycles. The first-order chi connectivity index (χ1) is 9.49. The fraction of sp³-hybridized carbons (Fsp3) is 0.467. The number of ether oxygens (including phenoxy) is 1. The topological polar surface area (TPSA) is 81.4 Å². The van der Waals surface area contributed by atoms with Gasteiger partial charge in [0.15, 0.2) is 0 Å². The van der Waals surface area contributed by atoms with E-state index in [0.29, 0.717) is 12.1 Å². The summed E-state index contributed by atoms with van der Waals surface area (Å²) in [4.78, 5) is 22.9. The molecule has 2 atom stereocenters. The Balaban J connectivity index is 2.74. The lowest BCUT2D eigenvalue weighted by molar-refractivity contribution is -0.144. The molecule has 0 aliphatic carbocycles. The molecule has 110 valence electrons. The van der Waals surface area contributed by atoms with E-state index in [1.54, 1.807) is 18.2 Å². The number of carbonyl (C=O) groups excluding carboxylic acids is 2. The lowest BCUT2D eigenvalue weighted by Crippen LogP contribution is -2.42. The molecule has 3 N–H and O–H groups in total. The molecule has 0 radical (unpaired) electrons. The number of nitrogens with one attached hydrogen (secondary N) is 1. The Labute approximate surface area is 119 Å².